The topological polar surface area (TPSA) is 296 Å². The molecule has 0 atom stereocenters. The number of hydrogen-bond donors (Lipinski definition) is 0. The summed E-state index contributed by atoms with van der Waals surface area (Å²) in [5.74, 6) is 11.5. The number of benzene rings is 12. The van der Waals surface area contributed by atoms with Crippen molar-refractivity contribution in [3.8, 4) is 34.5 Å². The van der Waals surface area contributed by atoms with Gasteiger partial charge in [0.2, 0.25) is 35.3 Å². The van der Waals surface area contributed by atoms with Crippen LogP contribution >= 0.6 is 0 Å². The van der Waals surface area contributed by atoms with Gasteiger partial charge in [-0.25, -0.2) is 29.9 Å². The van der Waals surface area contributed by atoms with Crippen molar-refractivity contribution in [1.29, 1.82) is 0 Å². The minimum atomic E-state index is 0. The quantitative estimate of drug-likeness (QED) is 0.0506. The number of rotatable bonds is 20. The molecule has 24 nitrogen and oxygen atoms in total. The second kappa shape index (κ2) is 44.6. The van der Waals surface area contributed by atoms with Crippen molar-refractivity contribution in [2.45, 2.75) is 105 Å². The van der Waals surface area contributed by atoms with E-state index in [9.17, 15) is 0 Å². The Morgan fingerprint density at radius 1 is 0.234 bits per heavy atom. The van der Waals surface area contributed by atoms with E-state index in [1.54, 1.807) is 12.2 Å². The first-order valence-electron chi connectivity index (χ1n) is 44.8. The van der Waals surface area contributed by atoms with E-state index in [0.29, 0.717) is 83.5 Å². The van der Waals surface area contributed by atoms with E-state index in [-0.39, 0.29) is 50.9 Å². The van der Waals surface area contributed by atoms with Crippen molar-refractivity contribution in [3.63, 3.8) is 0 Å². The maximum absolute atomic E-state index is 5.93. The maximum atomic E-state index is 5.93. The van der Waals surface area contributed by atoms with Gasteiger partial charge in [0, 0.05) is 120 Å². The van der Waals surface area contributed by atoms with Gasteiger partial charge in [0.05, 0.1) is 0 Å². The fraction of sp³-hybridized carbons (Fsp3) is 0.145. The van der Waals surface area contributed by atoms with Crippen molar-refractivity contribution in [3.05, 3.63) is 419 Å². The summed E-state index contributed by atoms with van der Waals surface area (Å²) in [6, 6.07) is 92.8. The third kappa shape index (κ3) is 21.5. The molecule has 0 N–H and O–H groups in total. The number of nitrogens with zero attached hydrogens (tertiary/aromatic N) is 12. The minimum Gasteiger partial charge on any atom is -0.624 e. The van der Waals surface area contributed by atoms with Gasteiger partial charge in [0.25, 0.3) is 0 Å². The van der Waals surface area contributed by atoms with Crippen LogP contribution < -0.4 is 28.4 Å². The number of allylic oxidation sites excluding steroid dienone is 8. The summed E-state index contributed by atoms with van der Waals surface area (Å²) in [6.07, 6.45) is 14.2. The van der Waals surface area contributed by atoms with Crippen LogP contribution in [0.2, 0.25) is 0 Å². The van der Waals surface area contributed by atoms with Crippen molar-refractivity contribution in [1.82, 2.24) is 29.9 Å². The average Bonchev–Trinajstić information content (AvgIpc) is 1.67. The molecule has 0 saturated heterocycles. The van der Waals surface area contributed by atoms with Gasteiger partial charge in [-0.15, -0.1) is 13.2 Å². The largest absolute Gasteiger partial charge is 0.624 e. The molecule has 0 spiro atoms. The van der Waals surface area contributed by atoms with Crippen molar-refractivity contribution in [2.75, 3.05) is 0 Å². The fourth-order valence-electron chi connectivity index (χ4n) is 15.3. The Bertz CT molecular complexity index is 6780. The molecule has 12 heterocycles. The summed E-state index contributed by atoms with van der Waals surface area (Å²) in [5, 5.41) is 27.4. The van der Waals surface area contributed by atoms with Gasteiger partial charge in [-0.1, -0.05) is 282 Å². The molecule has 0 unspecified atom stereocenters. The van der Waals surface area contributed by atoms with Crippen molar-refractivity contribution in [2.24, 2.45) is 0 Å². The fourth-order valence-corrected chi connectivity index (χ4v) is 15.3. The van der Waals surface area contributed by atoms with Gasteiger partial charge in [-0.3, -0.25) is 0 Å². The van der Waals surface area contributed by atoms with Crippen LogP contribution in [-0.2, 0) is 50.9 Å². The zero-order valence-corrected chi connectivity index (χ0v) is 77.9. The Morgan fingerprint density at radius 3 is 0.591 bits per heavy atom. The second-order valence-electron chi connectivity index (χ2n) is 31.4. The molecule has 27 heteroatoms. The molecule has 0 aliphatic carbocycles. The van der Waals surface area contributed by atoms with Crippen LogP contribution in [-0.4, -0.2) is 29.9 Å². The van der Waals surface area contributed by atoms with E-state index in [0.717, 1.165) is 233 Å². The van der Waals surface area contributed by atoms with Crippen molar-refractivity contribution >= 4 is 134 Å². The smallest absolute Gasteiger partial charge is 0.225 e. The standard InChI is InChI=1S/2C19H17N2O2.2C18H15N2O2.2C18H13N2O2.Co.2Cu/c2*1-2-3-8-13(18-20-14-9-4-6-11-16(14)22-18)19-21-15-10-5-7-12-17(15)23-19;4*1-2-7-12(17-19-13-8-3-5-10-15(13)21-17)18-20-14-9-4-6-11-16(14)22-18;;;/h2*4-7,9-12H,2-3,8H2,1H3;2*3-6,8-11H,2,7H2,1H3;2*2-6,8-11H,1,7H2;;;/q6*-1;;;. The van der Waals surface area contributed by atoms with E-state index in [4.69, 9.17) is 54.9 Å². The molecule has 0 fully saturated rings. The Balaban J connectivity index is 0.000000119. The molecule has 0 bridgehead atoms. The zero-order valence-electron chi connectivity index (χ0n) is 75.0. The van der Waals surface area contributed by atoms with Gasteiger partial charge in [-0.2, -0.15) is 0 Å². The summed E-state index contributed by atoms with van der Waals surface area (Å²) < 4.78 is 70.6. The van der Waals surface area contributed by atoms with E-state index < -0.39 is 0 Å². The molecule has 24 rings (SSSR count). The van der Waals surface area contributed by atoms with Gasteiger partial charge >= 0.3 is 0 Å². The summed E-state index contributed by atoms with van der Waals surface area (Å²) in [5.41, 5.74) is 20.0. The summed E-state index contributed by atoms with van der Waals surface area (Å²) in [7, 11) is 0. The van der Waals surface area contributed by atoms with Gasteiger partial charge in [0.15, 0.2) is 33.5 Å². The predicted octanol–water partition coefficient (Wildman–Crippen LogP) is 32.7. The van der Waals surface area contributed by atoms with Crippen molar-refractivity contribution < 1.29 is 106 Å². The van der Waals surface area contributed by atoms with Gasteiger partial charge < -0.3 is 86.8 Å². The number of aromatic nitrogens is 6. The number of ether oxygens (including phenoxy) is 6. The molecular weight excluding hydrogens is 1870 g/mol. The van der Waals surface area contributed by atoms with E-state index in [1.807, 2.05) is 291 Å². The molecule has 6 aromatic heterocycles. The number of para-hydroxylation sites is 24. The molecule has 6 aliphatic heterocycles. The third-order valence-corrected chi connectivity index (χ3v) is 21.9. The monoisotopic (exact) mass is 1960 g/mol. The van der Waals surface area contributed by atoms with E-state index in [1.165, 1.54) is 0 Å². The molecular formula is C110H90CoCu2N12O12-6. The van der Waals surface area contributed by atoms with E-state index in [2.05, 4.69) is 103 Å². The van der Waals surface area contributed by atoms with Crippen LogP contribution in [0.5, 0.6) is 34.5 Å². The summed E-state index contributed by atoms with van der Waals surface area (Å²) in [6.45, 7) is 16.2. The van der Waals surface area contributed by atoms with Crippen LogP contribution in [0.3, 0.4) is 0 Å². The zero-order chi connectivity index (χ0) is 91.1. The van der Waals surface area contributed by atoms with Gasteiger partial charge in [0.1, 0.15) is 67.6 Å². The van der Waals surface area contributed by atoms with Crippen LogP contribution in [0.25, 0.3) is 132 Å². The van der Waals surface area contributed by atoms with E-state index >= 15 is 0 Å². The molecule has 137 heavy (non-hydrogen) atoms. The van der Waals surface area contributed by atoms with Crippen LogP contribution in [0.1, 0.15) is 140 Å². The predicted molar refractivity (Wildman–Crippen MR) is 525 cm³/mol. The third-order valence-electron chi connectivity index (χ3n) is 21.9. The SMILES string of the molecule is C=CCC(=C1[N-]c2ccccc2O1)c1nc2ccccc2o1.C=CCC(=C1[N-]c2ccccc2O1)c1nc2ccccc2o1.CCCC(=C1[N-]c2ccccc2O1)c1nc2ccccc2o1.CCCC(=C1[N-]c2ccccc2O1)c1nc2ccccc2o1.CCCCC(=C1[N-]c2ccccc2O1)c1nc2ccccc2o1.CCCCC(=C1[N-]c2ccccc2O1)c1nc2ccccc2o1.[Co].[Cu].[Cu]. The molecule has 0 saturated carbocycles. The Morgan fingerprint density at radius 2 is 0.409 bits per heavy atom. The van der Waals surface area contributed by atoms with Gasteiger partial charge in [-0.05, 0) is 161 Å². The number of hydrogen-bond acceptors (Lipinski definition) is 18. The van der Waals surface area contributed by atoms with Crippen LogP contribution in [0, 0.1) is 0 Å². The Kier molecular flexibility index (Phi) is 30.8. The Hall–Kier alpha value is -15.5. The molecule has 18 aromatic rings. The number of unbranched alkanes of at least 4 members (excludes halogenated alkanes) is 2. The first-order chi connectivity index (χ1) is 66.1. The molecule has 12 aromatic carbocycles. The van der Waals surface area contributed by atoms with Crippen LogP contribution in [0.15, 0.2) is 378 Å². The average molecular weight is 1960 g/mol. The first kappa shape index (κ1) is 94.7. The second-order valence-corrected chi connectivity index (χ2v) is 31.4. The molecule has 6 aliphatic rings. The molecule has 699 valence electrons. The maximum Gasteiger partial charge on any atom is 0.225 e. The summed E-state index contributed by atoms with van der Waals surface area (Å²) >= 11 is 0. The normalized spacial score (nSPS) is 14.9. The number of fused-ring (bicyclic) bond motifs is 12. The number of oxazole rings is 6. The molecule has 3 radical (unpaired) electrons. The van der Waals surface area contributed by atoms with Crippen LogP contribution in [0.4, 0.5) is 34.1 Å². The molecule has 0 amide bonds. The Labute approximate surface area is 822 Å². The first-order valence-corrected chi connectivity index (χ1v) is 44.8. The summed E-state index contributed by atoms with van der Waals surface area (Å²) in [4.78, 5) is 27.4. The minimum absolute atomic E-state index is 0.